The van der Waals surface area contributed by atoms with Crippen LogP contribution in [0.1, 0.15) is 64.9 Å². The van der Waals surface area contributed by atoms with Gasteiger partial charge >= 0.3 is 0 Å². The van der Waals surface area contributed by atoms with Crippen molar-refractivity contribution in [1.82, 2.24) is 10.2 Å². The Morgan fingerprint density at radius 2 is 1.80 bits per heavy atom. The summed E-state index contributed by atoms with van der Waals surface area (Å²) in [6, 6.07) is 6.20. The molecule has 200 valence electrons. The van der Waals surface area contributed by atoms with Crippen LogP contribution in [0.15, 0.2) is 18.2 Å². The maximum absolute atomic E-state index is 12.4. The summed E-state index contributed by atoms with van der Waals surface area (Å²) in [5, 5.41) is 3.12. The Morgan fingerprint density at radius 1 is 1.06 bits per heavy atom. The van der Waals surface area contributed by atoms with Crippen LogP contribution in [-0.4, -0.2) is 76.6 Å². The number of morpholine rings is 1. The highest BCUT2D eigenvalue weighted by molar-refractivity contribution is 5.78. The molecule has 7 nitrogen and oxygen atoms in total. The third kappa shape index (κ3) is 11.6. The zero-order valence-electron chi connectivity index (χ0n) is 22.6. The van der Waals surface area contributed by atoms with Crippen LogP contribution in [0.3, 0.4) is 0 Å². The summed E-state index contributed by atoms with van der Waals surface area (Å²) in [7, 11) is 3.37. The predicted molar refractivity (Wildman–Crippen MR) is 140 cm³/mol. The molecule has 0 saturated carbocycles. The third-order valence-corrected chi connectivity index (χ3v) is 6.50. The summed E-state index contributed by atoms with van der Waals surface area (Å²) in [6.45, 7) is 11.0. The number of nitrogens with zero attached hydrogens (tertiary/aromatic N) is 1. The van der Waals surface area contributed by atoms with E-state index in [1.54, 1.807) is 14.2 Å². The number of methoxy groups -OCH3 is 2. The van der Waals surface area contributed by atoms with Gasteiger partial charge in [-0.25, -0.2) is 0 Å². The van der Waals surface area contributed by atoms with Gasteiger partial charge in [0.2, 0.25) is 5.91 Å². The highest BCUT2D eigenvalue weighted by Crippen LogP contribution is 2.29. The van der Waals surface area contributed by atoms with Gasteiger partial charge in [-0.3, -0.25) is 9.69 Å². The molecule has 0 radical (unpaired) electrons. The molecule has 0 spiro atoms. The fourth-order valence-corrected chi connectivity index (χ4v) is 4.62. The molecule has 7 heteroatoms. The van der Waals surface area contributed by atoms with Gasteiger partial charge in [-0.2, -0.15) is 0 Å². The van der Waals surface area contributed by atoms with Crippen LogP contribution in [-0.2, 0) is 20.7 Å². The van der Waals surface area contributed by atoms with Gasteiger partial charge in [0.25, 0.3) is 0 Å². The van der Waals surface area contributed by atoms with Gasteiger partial charge in [-0.15, -0.1) is 0 Å². The summed E-state index contributed by atoms with van der Waals surface area (Å²) < 4.78 is 22.2. The number of unbranched alkanes of at least 4 members (excludes halogenated alkanes) is 3. The second-order valence-corrected chi connectivity index (χ2v) is 9.84. The fraction of sp³-hybridized carbons (Fsp3) is 0.750. The van der Waals surface area contributed by atoms with Gasteiger partial charge < -0.3 is 24.3 Å². The number of hydrogen-bond donors (Lipinski definition) is 1. The topological polar surface area (TPSA) is 69.3 Å². The molecule has 0 bridgehead atoms. The minimum atomic E-state index is 0.0666. The van der Waals surface area contributed by atoms with E-state index in [9.17, 15) is 4.79 Å². The summed E-state index contributed by atoms with van der Waals surface area (Å²) in [6.07, 6.45) is 7.88. The Balaban J connectivity index is 1.57. The lowest BCUT2D eigenvalue weighted by Gasteiger charge is -2.35. The standard InChI is InChI=1S/C28H48N2O5/c1-22(28(31)29-15-16-30-20-23(2)35-24(3)21-30)11-8-6-7-9-12-25-13-14-26(33-5)27(19-25)34-18-10-17-32-4/h13-14,19,22-24H,6-12,15-18,20-21H2,1-5H3,(H,29,31)/t22-,23+,24+/m1/s1. The largest absolute Gasteiger partial charge is 0.493 e. The van der Waals surface area contributed by atoms with Crippen LogP contribution in [0.5, 0.6) is 11.5 Å². The zero-order valence-corrected chi connectivity index (χ0v) is 22.6. The van der Waals surface area contributed by atoms with Gasteiger partial charge in [-0.1, -0.05) is 32.3 Å². The first-order chi connectivity index (χ1) is 16.9. The number of benzene rings is 1. The van der Waals surface area contributed by atoms with Crippen LogP contribution in [0.2, 0.25) is 0 Å². The maximum atomic E-state index is 12.4. The van der Waals surface area contributed by atoms with E-state index in [0.717, 1.165) is 76.1 Å². The van der Waals surface area contributed by atoms with Gasteiger partial charge in [0, 0.05) is 52.2 Å². The molecule has 0 aliphatic carbocycles. The first-order valence-electron chi connectivity index (χ1n) is 13.4. The Morgan fingerprint density at radius 3 is 2.51 bits per heavy atom. The molecular formula is C28H48N2O5. The lowest BCUT2D eigenvalue weighted by atomic mass is 10.00. The van der Waals surface area contributed by atoms with Crippen molar-refractivity contribution < 1.29 is 23.7 Å². The summed E-state index contributed by atoms with van der Waals surface area (Å²) in [5.41, 5.74) is 1.27. The van der Waals surface area contributed by atoms with E-state index >= 15 is 0 Å². The smallest absolute Gasteiger partial charge is 0.222 e. The second-order valence-electron chi connectivity index (χ2n) is 9.84. The minimum absolute atomic E-state index is 0.0666. The van der Waals surface area contributed by atoms with Crippen LogP contribution in [0.4, 0.5) is 0 Å². The Bertz CT molecular complexity index is 719. The molecule has 1 aliphatic heterocycles. The van der Waals surface area contributed by atoms with Crippen molar-refractivity contribution >= 4 is 5.91 Å². The number of ether oxygens (including phenoxy) is 4. The molecule has 35 heavy (non-hydrogen) atoms. The quantitative estimate of drug-likeness (QED) is 0.324. The van der Waals surface area contributed by atoms with Gasteiger partial charge in [0.1, 0.15) is 0 Å². The van der Waals surface area contributed by atoms with Gasteiger partial charge in [-0.05, 0) is 50.8 Å². The molecule has 1 amide bonds. The van der Waals surface area contributed by atoms with E-state index in [2.05, 4.69) is 36.2 Å². The SMILES string of the molecule is COCCCOc1cc(CCCCCC[C@@H](C)C(=O)NCCN2C[C@H](C)O[C@@H](C)C2)ccc1OC. The Hall–Kier alpha value is -1.83. The van der Waals surface area contributed by atoms with E-state index in [1.807, 2.05) is 13.0 Å². The molecule has 1 saturated heterocycles. The molecule has 3 atom stereocenters. The minimum Gasteiger partial charge on any atom is -0.493 e. The lowest BCUT2D eigenvalue weighted by molar-refractivity contribution is -0.124. The molecule has 1 aromatic carbocycles. The number of carbonyl (C=O) groups excluding carboxylic acids is 1. The fourth-order valence-electron chi connectivity index (χ4n) is 4.62. The van der Waals surface area contributed by atoms with Crippen LogP contribution >= 0.6 is 0 Å². The molecule has 0 aromatic heterocycles. The molecule has 1 heterocycles. The number of amides is 1. The second kappa shape index (κ2) is 16.8. The number of aryl methyl sites for hydroxylation is 1. The highest BCUT2D eigenvalue weighted by atomic mass is 16.5. The summed E-state index contributed by atoms with van der Waals surface area (Å²) in [5.74, 6) is 1.82. The number of nitrogens with one attached hydrogen (secondary N) is 1. The average molecular weight is 493 g/mol. The highest BCUT2D eigenvalue weighted by Gasteiger charge is 2.22. The molecule has 0 unspecified atom stereocenters. The van der Waals surface area contributed by atoms with Crippen LogP contribution in [0, 0.1) is 5.92 Å². The molecule has 1 fully saturated rings. The van der Waals surface area contributed by atoms with Crippen LogP contribution in [0.25, 0.3) is 0 Å². The number of hydrogen-bond acceptors (Lipinski definition) is 6. The Labute approximate surface area is 212 Å². The average Bonchev–Trinajstić information content (AvgIpc) is 2.83. The molecule has 2 rings (SSSR count). The molecule has 1 N–H and O–H groups in total. The molecule has 1 aromatic rings. The lowest BCUT2D eigenvalue weighted by Crippen LogP contribution is -2.48. The zero-order chi connectivity index (χ0) is 25.5. The first-order valence-corrected chi connectivity index (χ1v) is 13.4. The number of rotatable bonds is 17. The Kier molecular flexibility index (Phi) is 14.1. The molecule has 1 aliphatic rings. The van der Waals surface area contributed by atoms with E-state index in [0.29, 0.717) is 19.8 Å². The van der Waals surface area contributed by atoms with E-state index in [4.69, 9.17) is 18.9 Å². The van der Waals surface area contributed by atoms with Crippen molar-refractivity contribution in [3.05, 3.63) is 23.8 Å². The van der Waals surface area contributed by atoms with Crippen molar-refractivity contribution in [2.75, 3.05) is 53.6 Å². The normalized spacial score (nSPS) is 19.3. The van der Waals surface area contributed by atoms with Crippen molar-refractivity contribution in [1.29, 1.82) is 0 Å². The van der Waals surface area contributed by atoms with Gasteiger partial charge in [0.15, 0.2) is 11.5 Å². The van der Waals surface area contributed by atoms with Crippen LogP contribution < -0.4 is 14.8 Å². The third-order valence-electron chi connectivity index (χ3n) is 6.50. The van der Waals surface area contributed by atoms with Crippen molar-refractivity contribution in [2.45, 2.75) is 77.9 Å². The van der Waals surface area contributed by atoms with Crippen molar-refractivity contribution in [2.24, 2.45) is 5.92 Å². The van der Waals surface area contributed by atoms with E-state index < -0.39 is 0 Å². The monoisotopic (exact) mass is 492 g/mol. The molecular weight excluding hydrogens is 444 g/mol. The maximum Gasteiger partial charge on any atom is 0.222 e. The predicted octanol–water partition coefficient (Wildman–Crippen LogP) is 4.47. The number of carbonyl (C=O) groups is 1. The first kappa shape index (κ1) is 29.4. The van der Waals surface area contributed by atoms with E-state index in [1.165, 1.54) is 5.56 Å². The van der Waals surface area contributed by atoms with Crippen molar-refractivity contribution in [3.8, 4) is 11.5 Å². The summed E-state index contributed by atoms with van der Waals surface area (Å²) in [4.78, 5) is 14.8. The van der Waals surface area contributed by atoms with Gasteiger partial charge in [0.05, 0.1) is 25.9 Å². The van der Waals surface area contributed by atoms with E-state index in [-0.39, 0.29) is 24.0 Å². The van der Waals surface area contributed by atoms with Crippen molar-refractivity contribution in [3.63, 3.8) is 0 Å². The summed E-state index contributed by atoms with van der Waals surface area (Å²) >= 11 is 0.